The van der Waals surface area contributed by atoms with Crippen LogP contribution in [0.2, 0.25) is 0 Å². The van der Waals surface area contributed by atoms with Gasteiger partial charge >= 0.3 is 0 Å². The molecule has 20 heavy (non-hydrogen) atoms. The Balaban J connectivity index is 2.45. The van der Waals surface area contributed by atoms with Gasteiger partial charge in [-0.1, -0.05) is 25.3 Å². The molecule has 0 saturated heterocycles. The minimum atomic E-state index is -1.05. The summed E-state index contributed by atoms with van der Waals surface area (Å²) in [5.74, 6) is -2.11. The SMILES string of the molecule is CCOC1(C(=O)c2c(F)ccc(C)c2F)CCCCC1. The minimum Gasteiger partial charge on any atom is -0.367 e. The summed E-state index contributed by atoms with van der Waals surface area (Å²) in [6.45, 7) is 3.69. The molecule has 4 heteroatoms. The van der Waals surface area contributed by atoms with Crippen molar-refractivity contribution in [2.45, 2.75) is 51.6 Å². The van der Waals surface area contributed by atoms with Gasteiger partial charge in [-0.2, -0.15) is 0 Å². The smallest absolute Gasteiger partial charge is 0.200 e. The molecule has 0 bridgehead atoms. The molecule has 0 amide bonds. The lowest BCUT2D eigenvalue weighted by Gasteiger charge is -2.35. The zero-order chi connectivity index (χ0) is 14.8. The number of carbonyl (C=O) groups excluding carboxylic acids is 1. The Morgan fingerprint density at radius 1 is 1.25 bits per heavy atom. The topological polar surface area (TPSA) is 26.3 Å². The summed E-state index contributed by atoms with van der Waals surface area (Å²) in [4.78, 5) is 12.7. The van der Waals surface area contributed by atoms with E-state index < -0.39 is 28.6 Å². The maximum absolute atomic E-state index is 14.2. The van der Waals surface area contributed by atoms with Crippen molar-refractivity contribution in [1.29, 1.82) is 0 Å². The van der Waals surface area contributed by atoms with E-state index in [4.69, 9.17) is 4.74 Å². The van der Waals surface area contributed by atoms with Gasteiger partial charge in [0.25, 0.3) is 0 Å². The largest absolute Gasteiger partial charge is 0.367 e. The fourth-order valence-electron chi connectivity index (χ4n) is 2.93. The molecular formula is C16H20F2O2. The van der Waals surface area contributed by atoms with Crippen LogP contribution in [0.4, 0.5) is 8.78 Å². The average Bonchev–Trinajstić information content (AvgIpc) is 2.44. The molecule has 0 heterocycles. The fraction of sp³-hybridized carbons (Fsp3) is 0.562. The molecule has 0 N–H and O–H groups in total. The summed E-state index contributed by atoms with van der Waals surface area (Å²) in [7, 11) is 0. The van der Waals surface area contributed by atoms with E-state index in [0.717, 1.165) is 25.3 Å². The number of aryl methyl sites for hydroxylation is 1. The zero-order valence-corrected chi connectivity index (χ0v) is 12.0. The first kappa shape index (κ1) is 15.1. The van der Waals surface area contributed by atoms with Gasteiger partial charge in [0.05, 0.1) is 5.56 Å². The molecular weight excluding hydrogens is 262 g/mol. The van der Waals surface area contributed by atoms with Gasteiger partial charge in [-0.15, -0.1) is 0 Å². The molecule has 1 fully saturated rings. The number of ether oxygens (including phenoxy) is 1. The van der Waals surface area contributed by atoms with E-state index in [1.807, 2.05) is 0 Å². The monoisotopic (exact) mass is 282 g/mol. The van der Waals surface area contributed by atoms with Crippen molar-refractivity contribution < 1.29 is 18.3 Å². The van der Waals surface area contributed by atoms with E-state index in [2.05, 4.69) is 0 Å². The summed E-state index contributed by atoms with van der Waals surface area (Å²) in [6.07, 6.45) is 3.79. The van der Waals surface area contributed by atoms with E-state index in [9.17, 15) is 13.6 Å². The third kappa shape index (κ3) is 2.62. The van der Waals surface area contributed by atoms with Gasteiger partial charge in [0, 0.05) is 6.61 Å². The van der Waals surface area contributed by atoms with Crippen molar-refractivity contribution in [2.75, 3.05) is 6.61 Å². The standard InChI is InChI=1S/C16H20F2O2/c1-3-20-16(9-5-4-6-10-16)15(19)13-12(17)8-7-11(2)14(13)18/h7-8H,3-6,9-10H2,1-2H3. The second kappa shape index (κ2) is 6.00. The lowest BCUT2D eigenvalue weighted by Crippen LogP contribution is -2.44. The van der Waals surface area contributed by atoms with Crippen LogP contribution in [-0.4, -0.2) is 18.0 Å². The van der Waals surface area contributed by atoms with Gasteiger partial charge in [-0.25, -0.2) is 8.78 Å². The molecule has 1 aromatic rings. The van der Waals surface area contributed by atoms with Crippen molar-refractivity contribution in [2.24, 2.45) is 0 Å². The number of benzene rings is 1. The number of carbonyl (C=O) groups is 1. The Morgan fingerprint density at radius 3 is 2.50 bits per heavy atom. The van der Waals surface area contributed by atoms with Crippen molar-refractivity contribution in [3.8, 4) is 0 Å². The summed E-state index contributed by atoms with van der Waals surface area (Å²) in [6, 6.07) is 2.49. The highest BCUT2D eigenvalue weighted by molar-refractivity contribution is 6.03. The second-order valence-corrected chi connectivity index (χ2v) is 5.37. The molecule has 2 rings (SSSR count). The molecule has 0 radical (unpaired) electrons. The van der Waals surface area contributed by atoms with Crippen LogP contribution in [0.15, 0.2) is 12.1 Å². The van der Waals surface area contributed by atoms with E-state index in [-0.39, 0.29) is 5.56 Å². The van der Waals surface area contributed by atoms with Gasteiger partial charge in [0.15, 0.2) is 0 Å². The van der Waals surface area contributed by atoms with Gasteiger partial charge in [0.1, 0.15) is 17.2 Å². The Kier molecular flexibility index (Phi) is 4.53. The summed E-state index contributed by atoms with van der Waals surface area (Å²) >= 11 is 0. The number of halogens is 2. The van der Waals surface area contributed by atoms with Crippen LogP contribution in [0.1, 0.15) is 54.9 Å². The van der Waals surface area contributed by atoms with Crippen LogP contribution in [0, 0.1) is 18.6 Å². The predicted octanol–water partition coefficient (Wildman–Crippen LogP) is 4.20. The Hall–Kier alpha value is -1.29. The molecule has 110 valence electrons. The van der Waals surface area contributed by atoms with Crippen molar-refractivity contribution in [3.63, 3.8) is 0 Å². The lowest BCUT2D eigenvalue weighted by molar-refractivity contribution is -0.0415. The molecule has 2 nitrogen and oxygen atoms in total. The van der Waals surface area contributed by atoms with Crippen LogP contribution in [0.3, 0.4) is 0 Å². The highest BCUT2D eigenvalue weighted by Gasteiger charge is 2.43. The Labute approximate surface area is 118 Å². The third-order valence-corrected chi connectivity index (χ3v) is 4.01. The predicted molar refractivity (Wildman–Crippen MR) is 72.9 cm³/mol. The molecule has 1 saturated carbocycles. The van der Waals surface area contributed by atoms with Crippen molar-refractivity contribution in [1.82, 2.24) is 0 Å². The van der Waals surface area contributed by atoms with Crippen LogP contribution >= 0.6 is 0 Å². The zero-order valence-electron chi connectivity index (χ0n) is 12.0. The Morgan fingerprint density at radius 2 is 1.90 bits per heavy atom. The number of rotatable bonds is 4. The van der Waals surface area contributed by atoms with Crippen LogP contribution in [0.5, 0.6) is 0 Å². The van der Waals surface area contributed by atoms with Gasteiger partial charge in [-0.3, -0.25) is 4.79 Å². The number of hydrogen-bond donors (Lipinski definition) is 0. The number of hydrogen-bond acceptors (Lipinski definition) is 2. The molecule has 1 aromatic carbocycles. The fourth-order valence-corrected chi connectivity index (χ4v) is 2.93. The summed E-state index contributed by atoms with van der Waals surface area (Å²) < 4.78 is 33.7. The molecule has 0 atom stereocenters. The van der Waals surface area contributed by atoms with Crippen LogP contribution in [0.25, 0.3) is 0 Å². The quantitative estimate of drug-likeness (QED) is 0.774. The molecule has 0 aliphatic heterocycles. The second-order valence-electron chi connectivity index (χ2n) is 5.37. The first-order chi connectivity index (χ1) is 9.52. The molecule has 0 unspecified atom stereocenters. The van der Waals surface area contributed by atoms with Gasteiger partial charge in [0.2, 0.25) is 5.78 Å². The Bertz CT molecular complexity index is 500. The van der Waals surface area contributed by atoms with Crippen LogP contribution in [-0.2, 0) is 4.74 Å². The van der Waals surface area contributed by atoms with E-state index in [1.54, 1.807) is 6.92 Å². The minimum absolute atomic E-state index is 0.275. The van der Waals surface area contributed by atoms with E-state index in [0.29, 0.717) is 19.4 Å². The molecule has 0 spiro atoms. The first-order valence-corrected chi connectivity index (χ1v) is 7.15. The van der Waals surface area contributed by atoms with Crippen molar-refractivity contribution >= 4 is 5.78 Å². The van der Waals surface area contributed by atoms with E-state index >= 15 is 0 Å². The average molecular weight is 282 g/mol. The van der Waals surface area contributed by atoms with Crippen molar-refractivity contribution in [3.05, 3.63) is 34.9 Å². The van der Waals surface area contributed by atoms with E-state index in [1.165, 1.54) is 13.0 Å². The maximum atomic E-state index is 14.2. The highest BCUT2D eigenvalue weighted by atomic mass is 19.1. The van der Waals surface area contributed by atoms with Gasteiger partial charge in [-0.05, 0) is 38.3 Å². The third-order valence-electron chi connectivity index (χ3n) is 4.01. The maximum Gasteiger partial charge on any atom is 0.200 e. The molecule has 0 aromatic heterocycles. The normalized spacial score (nSPS) is 18.0. The number of ketones is 1. The summed E-state index contributed by atoms with van der Waals surface area (Å²) in [5.41, 5.74) is -1.22. The molecule has 1 aliphatic rings. The highest BCUT2D eigenvalue weighted by Crippen LogP contribution is 2.36. The summed E-state index contributed by atoms with van der Waals surface area (Å²) in [5, 5.41) is 0. The first-order valence-electron chi connectivity index (χ1n) is 7.15. The van der Waals surface area contributed by atoms with Gasteiger partial charge < -0.3 is 4.74 Å². The number of Topliss-reactive ketones (excluding diaryl/α,β-unsaturated/α-hetero) is 1. The molecule has 1 aliphatic carbocycles. The lowest BCUT2D eigenvalue weighted by atomic mass is 9.78. The van der Waals surface area contributed by atoms with Crippen LogP contribution < -0.4 is 0 Å².